The molecule has 2 heterocycles. The molecule has 0 amide bonds. The van der Waals surface area contributed by atoms with Crippen molar-refractivity contribution in [2.45, 2.75) is 64.0 Å². The molecule has 2 aliphatic rings. The van der Waals surface area contributed by atoms with Gasteiger partial charge in [-0.15, -0.1) is 0 Å². The summed E-state index contributed by atoms with van der Waals surface area (Å²) in [7, 11) is 0. The normalized spacial score (nSPS) is 16.8. The van der Waals surface area contributed by atoms with Crippen molar-refractivity contribution in [2.75, 3.05) is 11.4 Å². The monoisotopic (exact) mass is 430 g/mol. The van der Waals surface area contributed by atoms with E-state index in [0.29, 0.717) is 24.7 Å². The molecule has 1 aromatic carbocycles. The lowest BCUT2D eigenvalue weighted by atomic mass is 9.94. The van der Waals surface area contributed by atoms with Gasteiger partial charge in [-0.05, 0) is 42.7 Å². The maximum absolute atomic E-state index is 13.0. The summed E-state index contributed by atoms with van der Waals surface area (Å²) in [6, 6.07) is 10.5. The zero-order valence-electron chi connectivity index (χ0n) is 18.4. The highest BCUT2D eigenvalue weighted by Crippen LogP contribution is 2.34. The fraction of sp³-hybridized carbons (Fsp3) is 0.480. The Bertz CT molecular complexity index is 1020. The van der Waals surface area contributed by atoms with Crippen LogP contribution in [0, 0.1) is 5.92 Å². The van der Waals surface area contributed by atoms with Gasteiger partial charge >= 0.3 is 0 Å². The molecule has 0 atom stereocenters. The van der Waals surface area contributed by atoms with Gasteiger partial charge in [0.05, 0.1) is 6.54 Å². The van der Waals surface area contributed by atoms with Crippen LogP contribution in [0.4, 0.5) is 5.82 Å². The maximum Gasteiger partial charge on any atom is 0.185 e. The summed E-state index contributed by atoms with van der Waals surface area (Å²) in [6.07, 6.45) is 14.1. The molecule has 2 saturated carbocycles. The first-order chi connectivity index (χ1) is 15.7. The second kappa shape index (κ2) is 9.59. The number of anilines is 1. The topological polar surface area (TPSA) is 76.8 Å². The zero-order chi connectivity index (χ0) is 21.8. The Labute approximate surface area is 188 Å². The van der Waals surface area contributed by atoms with Crippen LogP contribution in [0.2, 0.25) is 0 Å². The van der Waals surface area contributed by atoms with Gasteiger partial charge in [-0.1, -0.05) is 43.5 Å². The lowest BCUT2D eigenvalue weighted by molar-refractivity contribution is 0.0988. The molecule has 7 heteroatoms. The van der Waals surface area contributed by atoms with Crippen LogP contribution in [0.1, 0.15) is 66.6 Å². The first-order valence-corrected chi connectivity index (χ1v) is 11.8. The van der Waals surface area contributed by atoms with Gasteiger partial charge in [0, 0.05) is 25.1 Å². The summed E-state index contributed by atoms with van der Waals surface area (Å²) in [5, 5.41) is 4.13. The van der Waals surface area contributed by atoms with Crippen molar-refractivity contribution < 1.29 is 4.79 Å². The number of carbonyl (C=O) groups is 1. The van der Waals surface area contributed by atoms with E-state index in [4.69, 9.17) is 0 Å². The fourth-order valence-corrected chi connectivity index (χ4v) is 4.60. The Kier molecular flexibility index (Phi) is 6.23. The van der Waals surface area contributed by atoms with Crippen LogP contribution in [0.5, 0.6) is 0 Å². The first-order valence-electron chi connectivity index (χ1n) is 11.8. The van der Waals surface area contributed by atoms with E-state index in [1.165, 1.54) is 51.3 Å². The SMILES string of the molecule is O=C(Cc1ccc(Cn2cncn2)cc1)c1cc(N(CC2CC2)C2CCCCC2)ncn1. The molecular weight excluding hydrogens is 400 g/mol. The standard InChI is InChI=1S/C25H30N6O/c32-24(12-19-6-8-20(9-7-19)14-30-18-26-16-29-30)23-13-25(28-17-27-23)31(15-21-10-11-21)22-4-2-1-3-5-22/h6-9,13,16-18,21-22H,1-5,10-12,14-15H2. The summed E-state index contributed by atoms with van der Waals surface area (Å²) in [5.74, 6) is 1.74. The Balaban J connectivity index is 1.27. The summed E-state index contributed by atoms with van der Waals surface area (Å²) in [6.45, 7) is 1.73. The molecule has 2 aliphatic carbocycles. The van der Waals surface area contributed by atoms with Crippen molar-refractivity contribution in [1.29, 1.82) is 0 Å². The minimum absolute atomic E-state index is 0.0349. The maximum atomic E-state index is 13.0. The van der Waals surface area contributed by atoms with E-state index in [2.05, 4.69) is 25.0 Å². The largest absolute Gasteiger partial charge is 0.353 e. The average molecular weight is 431 g/mol. The molecule has 0 aliphatic heterocycles. The van der Waals surface area contributed by atoms with Crippen molar-refractivity contribution in [3.05, 3.63) is 66.1 Å². The number of Topliss-reactive ketones (excluding diaryl/α,β-unsaturated/α-hetero) is 1. The molecule has 0 unspecified atom stereocenters. The molecule has 3 aromatic rings. The average Bonchev–Trinajstić information content (AvgIpc) is 3.52. The number of rotatable bonds is 9. The van der Waals surface area contributed by atoms with E-state index in [1.54, 1.807) is 17.3 Å². The number of benzene rings is 1. The van der Waals surface area contributed by atoms with Crippen LogP contribution < -0.4 is 4.90 Å². The summed E-state index contributed by atoms with van der Waals surface area (Å²) in [4.78, 5) is 28.3. The predicted molar refractivity (Wildman–Crippen MR) is 123 cm³/mol. The molecule has 166 valence electrons. The third-order valence-electron chi connectivity index (χ3n) is 6.60. The molecule has 0 bridgehead atoms. The Morgan fingerprint density at radius 2 is 1.75 bits per heavy atom. The minimum atomic E-state index is 0.0349. The number of hydrogen-bond donors (Lipinski definition) is 0. The lowest BCUT2D eigenvalue weighted by Crippen LogP contribution is -2.39. The van der Waals surface area contributed by atoms with E-state index in [9.17, 15) is 4.79 Å². The summed E-state index contributed by atoms with van der Waals surface area (Å²) in [5.41, 5.74) is 2.62. The van der Waals surface area contributed by atoms with E-state index in [-0.39, 0.29) is 5.78 Å². The highest BCUT2D eigenvalue weighted by Gasteiger charge is 2.30. The van der Waals surface area contributed by atoms with Crippen LogP contribution in [0.3, 0.4) is 0 Å². The van der Waals surface area contributed by atoms with Crippen LogP contribution in [-0.4, -0.2) is 43.1 Å². The third kappa shape index (κ3) is 5.21. The lowest BCUT2D eigenvalue weighted by Gasteiger charge is -2.35. The molecule has 2 fully saturated rings. The highest BCUT2D eigenvalue weighted by molar-refractivity contribution is 5.96. The Hall–Kier alpha value is -3.09. The van der Waals surface area contributed by atoms with E-state index in [0.717, 1.165) is 29.4 Å². The van der Waals surface area contributed by atoms with Crippen LogP contribution >= 0.6 is 0 Å². The molecule has 0 N–H and O–H groups in total. The van der Waals surface area contributed by atoms with E-state index < -0.39 is 0 Å². The van der Waals surface area contributed by atoms with Gasteiger partial charge in [-0.3, -0.25) is 4.79 Å². The fourth-order valence-electron chi connectivity index (χ4n) is 4.60. The van der Waals surface area contributed by atoms with Crippen molar-refractivity contribution in [2.24, 2.45) is 5.92 Å². The van der Waals surface area contributed by atoms with Gasteiger partial charge in [0.2, 0.25) is 0 Å². The van der Waals surface area contributed by atoms with E-state index in [1.807, 2.05) is 30.3 Å². The quantitative estimate of drug-likeness (QED) is 0.476. The molecular formula is C25H30N6O. The number of carbonyl (C=O) groups excluding carboxylic acids is 1. The van der Waals surface area contributed by atoms with E-state index >= 15 is 0 Å². The Morgan fingerprint density at radius 1 is 0.969 bits per heavy atom. The highest BCUT2D eigenvalue weighted by atomic mass is 16.1. The predicted octanol–water partition coefficient (Wildman–Crippen LogP) is 4.09. The van der Waals surface area contributed by atoms with Gasteiger partial charge in [-0.2, -0.15) is 5.10 Å². The van der Waals surface area contributed by atoms with Crippen molar-refractivity contribution in [1.82, 2.24) is 24.7 Å². The van der Waals surface area contributed by atoms with Crippen LogP contribution in [0.15, 0.2) is 49.3 Å². The zero-order valence-corrected chi connectivity index (χ0v) is 18.4. The summed E-state index contributed by atoms with van der Waals surface area (Å²) < 4.78 is 1.78. The Morgan fingerprint density at radius 3 is 2.47 bits per heavy atom. The number of hydrogen-bond acceptors (Lipinski definition) is 6. The second-order valence-corrected chi connectivity index (χ2v) is 9.16. The molecule has 0 saturated heterocycles. The third-order valence-corrected chi connectivity index (χ3v) is 6.60. The molecule has 2 aromatic heterocycles. The minimum Gasteiger partial charge on any atom is -0.353 e. The van der Waals surface area contributed by atoms with Gasteiger partial charge in [0.25, 0.3) is 0 Å². The van der Waals surface area contributed by atoms with Crippen molar-refractivity contribution in [3.63, 3.8) is 0 Å². The number of ketones is 1. The summed E-state index contributed by atoms with van der Waals surface area (Å²) >= 11 is 0. The van der Waals surface area contributed by atoms with Gasteiger partial charge < -0.3 is 4.90 Å². The van der Waals surface area contributed by atoms with Crippen LogP contribution in [0.25, 0.3) is 0 Å². The molecule has 0 spiro atoms. The van der Waals surface area contributed by atoms with Crippen molar-refractivity contribution in [3.8, 4) is 0 Å². The van der Waals surface area contributed by atoms with Gasteiger partial charge in [-0.25, -0.2) is 19.6 Å². The number of aromatic nitrogens is 5. The molecule has 32 heavy (non-hydrogen) atoms. The van der Waals surface area contributed by atoms with Gasteiger partial charge in [0.15, 0.2) is 5.78 Å². The smallest absolute Gasteiger partial charge is 0.185 e. The first kappa shape index (κ1) is 20.8. The van der Waals surface area contributed by atoms with Crippen molar-refractivity contribution >= 4 is 11.6 Å². The molecule has 5 rings (SSSR count). The molecule has 0 radical (unpaired) electrons. The second-order valence-electron chi connectivity index (χ2n) is 9.16. The molecule has 7 nitrogen and oxygen atoms in total. The number of nitrogens with zero attached hydrogens (tertiary/aromatic N) is 6. The van der Waals surface area contributed by atoms with Gasteiger partial charge in [0.1, 0.15) is 30.5 Å². The van der Waals surface area contributed by atoms with Crippen LogP contribution in [-0.2, 0) is 13.0 Å².